The molecule has 0 aliphatic carbocycles. The summed E-state index contributed by atoms with van der Waals surface area (Å²) in [5.74, 6) is 0.526. The molecule has 0 radical (unpaired) electrons. The molecule has 2 aromatic rings. The van der Waals surface area contributed by atoms with Crippen LogP contribution < -0.4 is 5.43 Å². The van der Waals surface area contributed by atoms with E-state index in [2.05, 4.69) is 16.6 Å². The first-order valence-corrected chi connectivity index (χ1v) is 7.47. The van der Waals surface area contributed by atoms with Crippen molar-refractivity contribution in [3.8, 4) is 0 Å². The van der Waals surface area contributed by atoms with Crippen LogP contribution >= 0.6 is 0 Å². The van der Waals surface area contributed by atoms with Crippen molar-refractivity contribution < 1.29 is 4.21 Å². The van der Waals surface area contributed by atoms with Crippen molar-refractivity contribution in [1.29, 1.82) is 0 Å². The monoisotopic (exact) mass is 270 g/mol. The predicted molar refractivity (Wildman–Crippen MR) is 77.6 cm³/mol. The maximum Gasteiger partial charge on any atom is 0.0814 e. The molecule has 0 spiro atoms. The molecule has 1 N–H and O–H groups in total. The number of hydrogen-bond donors (Lipinski definition) is 1. The molecule has 2 aromatic carbocycles. The van der Waals surface area contributed by atoms with Crippen LogP contribution in [-0.2, 0) is 10.8 Å². The molecule has 1 unspecified atom stereocenters. The summed E-state index contributed by atoms with van der Waals surface area (Å²) < 4.78 is 12.3. The zero-order valence-corrected chi connectivity index (χ0v) is 11.1. The van der Waals surface area contributed by atoms with Crippen LogP contribution in [0.15, 0.2) is 64.6 Å². The van der Waals surface area contributed by atoms with E-state index in [-0.39, 0.29) is 6.04 Å². The van der Waals surface area contributed by atoms with E-state index in [0.717, 1.165) is 16.0 Å². The van der Waals surface area contributed by atoms with E-state index in [9.17, 15) is 4.21 Å². The molecule has 2 atom stereocenters. The van der Waals surface area contributed by atoms with E-state index in [0.29, 0.717) is 5.75 Å². The van der Waals surface area contributed by atoms with Crippen LogP contribution in [0.2, 0.25) is 0 Å². The molecular formula is C15H14N2OS. The first-order chi connectivity index (χ1) is 9.34. The number of fused-ring (bicyclic) bond motifs is 1. The molecule has 3 nitrogen and oxygen atoms in total. The van der Waals surface area contributed by atoms with Crippen LogP contribution in [0.25, 0.3) is 0 Å². The van der Waals surface area contributed by atoms with Crippen molar-refractivity contribution in [2.75, 3.05) is 5.75 Å². The molecule has 4 heteroatoms. The quantitative estimate of drug-likeness (QED) is 0.931. The van der Waals surface area contributed by atoms with Crippen molar-refractivity contribution in [2.24, 2.45) is 5.10 Å². The Labute approximate surface area is 114 Å². The molecule has 1 heterocycles. The van der Waals surface area contributed by atoms with Crippen LogP contribution in [0.3, 0.4) is 0 Å². The molecule has 0 aromatic heterocycles. The van der Waals surface area contributed by atoms with Crippen LogP contribution in [-0.4, -0.2) is 16.2 Å². The fraction of sp³-hybridized carbons (Fsp3) is 0.133. The second-order valence-corrected chi connectivity index (χ2v) is 5.89. The zero-order valence-electron chi connectivity index (χ0n) is 10.3. The van der Waals surface area contributed by atoms with Crippen molar-refractivity contribution in [3.05, 3.63) is 65.7 Å². The maximum absolute atomic E-state index is 12.3. The third-order valence-electron chi connectivity index (χ3n) is 3.13. The standard InChI is InChI=1S/C15H14N2OS/c18-19(13-7-2-1-3-8-13)11-15-14-9-5-4-6-12(14)10-16-17-15/h1-10,15,17H,11H2/t15-,19?/m1/s1. The zero-order chi connectivity index (χ0) is 13.1. The summed E-state index contributed by atoms with van der Waals surface area (Å²) in [6, 6.07) is 17.6. The Morgan fingerprint density at radius 2 is 1.79 bits per heavy atom. The van der Waals surface area contributed by atoms with E-state index < -0.39 is 10.8 Å². The minimum atomic E-state index is -1.02. The highest BCUT2D eigenvalue weighted by atomic mass is 32.2. The predicted octanol–water partition coefficient (Wildman–Crippen LogP) is 2.47. The van der Waals surface area contributed by atoms with Gasteiger partial charge in [-0.05, 0) is 23.3 Å². The van der Waals surface area contributed by atoms with Gasteiger partial charge in [-0.1, -0.05) is 42.5 Å². The molecule has 0 saturated heterocycles. The fourth-order valence-corrected chi connectivity index (χ4v) is 3.37. The van der Waals surface area contributed by atoms with Gasteiger partial charge in [-0.15, -0.1) is 0 Å². The van der Waals surface area contributed by atoms with E-state index in [1.165, 1.54) is 0 Å². The molecule has 19 heavy (non-hydrogen) atoms. The summed E-state index contributed by atoms with van der Waals surface area (Å²) in [5.41, 5.74) is 5.30. The van der Waals surface area contributed by atoms with Gasteiger partial charge in [-0.25, -0.2) is 0 Å². The molecule has 0 fully saturated rings. The first kappa shape index (κ1) is 12.1. The topological polar surface area (TPSA) is 41.5 Å². The molecule has 1 aliphatic heterocycles. The van der Waals surface area contributed by atoms with Gasteiger partial charge in [0.25, 0.3) is 0 Å². The molecule has 3 rings (SSSR count). The fourth-order valence-electron chi connectivity index (χ4n) is 2.16. The second kappa shape index (κ2) is 5.36. The Balaban J connectivity index is 1.82. The summed E-state index contributed by atoms with van der Waals surface area (Å²) in [5, 5.41) is 4.14. The molecule has 0 bridgehead atoms. The number of nitrogens with one attached hydrogen (secondary N) is 1. The number of hydrazone groups is 1. The van der Waals surface area contributed by atoms with Gasteiger partial charge in [-0.3, -0.25) is 4.21 Å². The highest BCUT2D eigenvalue weighted by molar-refractivity contribution is 7.85. The summed E-state index contributed by atoms with van der Waals surface area (Å²) >= 11 is 0. The number of nitrogens with zero attached hydrogens (tertiary/aromatic N) is 1. The van der Waals surface area contributed by atoms with Gasteiger partial charge in [0.2, 0.25) is 0 Å². The van der Waals surface area contributed by atoms with E-state index in [4.69, 9.17) is 0 Å². The van der Waals surface area contributed by atoms with Gasteiger partial charge >= 0.3 is 0 Å². The lowest BCUT2D eigenvalue weighted by Gasteiger charge is -2.22. The van der Waals surface area contributed by atoms with Gasteiger partial charge in [0.15, 0.2) is 0 Å². The Morgan fingerprint density at radius 1 is 1.05 bits per heavy atom. The smallest absolute Gasteiger partial charge is 0.0814 e. The minimum Gasteiger partial charge on any atom is -0.302 e. The Bertz CT molecular complexity index is 625. The van der Waals surface area contributed by atoms with Crippen LogP contribution in [0.1, 0.15) is 17.2 Å². The van der Waals surface area contributed by atoms with Crippen molar-refractivity contribution >= 4 is 17.0 Å². The maximum atomic E-state index is 12.3. The van der Waals surface area contributed by atoms with Gasteiger partial charge in [-0.2, -0.15) is 5.10 Å². The lowest BCUT2D eigenvalue weighted by molar-refractivity contribution is 0.594. The highest BCUT2D eigenvalue weighted by Crippen LogP contribution is 2.22. The third kappa shape index (κ3) is 2.58. The summed E-state index contributed by atoms with van der Waals surface area (Å²) in [6.07, 6.45) is 1.80. The average Bonchev–Trinajstić information content (AvgIpc) is 2.48. The van der Waals surface area contributed by atoms with Crippen LogP contribution in [0, 0.1) is 0 Å². The Morgan fingerprint density at radius 3 is 2.63 bits per heavy atom. The SMILES string of the molecule is O=S(C[C@H]1NN=Cc2ccccc21)c1ccccc1. The van der Waals surface area contributed by atoms with Gasteiger partial charge in [0.1, 0.15) is 0 Å². The molecular weight excluding hydrogens is 256 g/mol. The third-order valence-corrected chi connectivity index (χ3v) is 4.56. The molecule has 0 amide bonds. The molecule has 0 saturated carbocycles. The summed E-state index contributed by atoms with van der Waals surface area (Å²) in [6.45, 7) is 0. The van der Waals surface area contributed by atoms with Crippen molar-refractivity contribution in [1.82, 2.24) is 5.43 Å². The van der Waals surface area contributed by atoms with Gasteiger partial charge < -0.3 is 5.43 Å². The highest BCUT2D eigenvalue weighted by Gasteiger charge is 2.20. The largest absolute Gasteiger partial charge is 0.302 e. The number of rotatable bonds is 3. The normalized spacial score (nSPS) is 18.4. The Hall–Kier alpha value is -1.94. The van der Waals surface area contributed by atoms with Gasteiger partial charge in [0, 0.05) is 4.90 Å². The lowest BCUT2D eigenvalue weighted by Crippen LogP contribution is -2.26. The van der Waals surface area contributed by atoms with Crippen LogP contribution in [0.4, 0.5) is 0 Å². The van der Waals surface area contributed by atoms with Gasteiger partial charge in [0.05, 0.1) is 28.8 Å². The van der Waals surface area contributed by atoms with E-state index in [1.54, 1.807) is 6.21 Å². The first-order valence-electron chi connectivity index (χ1n) is 6.15. The minimum absolute atomic E-state index is 0.00207. The summed E-state index contributed by atoms with van der Waals surface area (Å²) in [4.78, 5) is 0.858. The lowest BCUT2D eigenvalue weighted by atomic mass is 10.0. The molecule has 1 aliphatic rings. The summed E-state index contributed by atoms with van der Waals surface area (Å²) in [7, 11) is -1.02. The Kier molecular flexibility index (Phi) is 3.42. The average molecular weight is 270 g/mol. The second-order valence-electron chi connectivity index (χ2n) is 4.39. The number of hydrogen-bond acceptors (Lipinski definition) is 3. The van der Waals surface area contributed by atoms with E-state index >= 15 is 0 Å². The van der Waals surface area contributed by atoms with E-state index in [1.807, 2.05) is 48.5 Å². The van der Waals surface area contributed by atoms with Crippen LogP contribution in [0.5, 0.6) is 0 Å². The number of benzene rings is 2. The molecule has 96 valence electrons. The van der Waals surface area contributed by atoms with Crippen molar-refractivity contribution in [3.63, 3.8) is 0 Å². The van der Waals surface area contributed by atoms with Crippen molar-refractivity contribution in [2.45, 2.75) is 10.9 Å².